The summed E-state index contributed by atoms with van der Waals surface area (Å²) in [6, 6.07) is 2.08. The predicted molar refractivity (Wildman–Crippen MR) is 78.2 cm³/mol. The van der Waals surface area contributed by atoms with E-state index in [0.717, 1.165) is 24.0 Å². The van der Waals surface area contributed by atoms with Crippen LogP contribution >= 0.6 is 35.3 Å². The van der Waals surface area contributed by atoms with E-state index in [4.69, 9.17) is 17.3 Å². The van der Waals surface area contributed by atoms with Crippen LogP contribution in [0.25, 0.3) is 0 Å². The Morgan fingerprint density at radius 2 is 2.35 bits per heavy atom. The molecule has 1 saturated heterocycles. The maximum absolute atomic E-state index is 5.93. The fraction of sp³-hybridized carbons (Fsp3) is 0.667. The lowest BCUT2D eigenvalue weighted by atomic mass is 9.95. The number of hydrogen-bond acceptors (Lipinski definition) is 3. The van der Waals surface area contributed by atoms with E-state index in [-0.39, 0.29) is 12.4 Å². The zero-order valence-corrected chi connectivity index (χ0v) is 12.3. The molecule has 2 N–H and O–H groups in total. The first-order chi connectivity index (χ1) is 7.78. The summed E-state index contributed by atoms with van der Waals surface area (Å²) in [5, 5.41) is 2.88. The molecular formula is C12H20Cl2N2S. The number of hydrogen-bond donors (Lipinski definition) is 1. The zero-order chi connectivity index (χ0) is 11.4. The Labute approximate surface area is 119 Å². The lowest BCUT2D eigenvalue weighted by molar-refractivity contribution is 0.164. The van der Waals surface area contributed by atoms with Crippen LogP contribution in [-0.4, -0.2) is 24.5 Å². The maximum Gasteiger partial charge on any atom is 0.0516 e. The molecule has 1 aliphatic heterocycles. The average Bonchev–Trinajstić information content (AvgIpc) is 2.65. The Bertz CT molecular complexity index is 328. The molecule has 2 nitrogen and oxygen atoms in total. The first-order valence-corrected chi connectivity index (χ1v) is 7.19. The van der Waals surface area contributed by atoms with E-state index in [9.17, 15) is 0 Å². The number of thiophene rings is 1. The van der Waals surface area contributed by atoms with E-state index in [1.807, 2.05) is 5.38 Å². The number of nitrogens with zero attached hydrogens (tertiary/aromatic N) is 1. The van der Waals surface area contributed by atoms with Crippen molar-refractivity contribution in [3.8, 4) is 0 Å². The van der Waals surface area contributed by atoms with Crippen LogP contribution in [0.5, 0.6) is 0 Å². The van der Waals surface area contributed by atoms with Gasteiger partial charge >= 0.3 is 0 Å². The van der Waals surface area contributed by atoms with Gasteiger partial charge < -0.3 is 5.73 Å². The first kappa shape index (κ1) is 15.3. The highest BCUT2D eigenvalue weighted by atomic mass is 35.5. The number of likely N-dealkylation sites (tertiary alicyclic amines) is 1. The van der Waals surface area contributed by atoms with Crippen molar-refractivity contribution < 1.29 is 0 Å². The van der Waals surface area contributed by atoms with Crippen LogP contribution in [0.2, 0.25) is 5.02 Å². The van der Waals surface area contributed by atoms with Gasteiger partial charge in [-0.2, -0.15) is 0 Å². The molecule has 0 spiro atoms. The Balaban J connectivity index is 0.00000144. The number of piperidine rings is 1. The van der Waals surface area contributed by atoms with Crippen LogP contribution in [0, 0.1) is 5.92 Å². The molecule has 0 radical (unpaired) electrons. The molecule has 1 aromatic heterocycles. The molecule has 2 rings (SSSR count). The third-order valence-corrected chi connectivity index (χ3v) is 4.45. The largest absolute Gasteiger partial charge is 0.330 e. The van der Waals surface area contributed by atoms with Crippen molar-refractivity contribution in [2.75, 3.05) is 19.6 Å². The van der Waals surface area contributed by atoms with Crippen molar-refractivity contribution in [1.82, 2.24) is 4.90 Å². The minimum atomic E-state index is 0. The summed E-state index contributed by atoms with van der Waals surface area (Å²) in [7, 11) is 0. The second-order valence-electron chi connectivity index (χ2n) is 4.55. The highest BCUT2D eigenvalue weighted by Crippen LogP contribution is 2.24. The molecule has 0 amide bonds. The molecule has 5 heteroatoms. The van der Waals surface area contributed by atoms with Gasteiger partial charge in [-0.15, -0.1) is 23.7 Å². The van der Waals surface area contributed by atoms with E-state index in [1.54, 1.807) is 11.3 Å². The highest BCUT2D eigenvalue weighted by molar-refractivity contribution is 7.10. The average molecular weight is 295 g/mol. The molecule has 2 heterocycles. The van der Waals surface area contributed by atoms with Crippen LogP contribution < -0.4 is 5.73 Å². The monoisotopic (exact) mass is 294 g/mol. The van der Waals surface area contributed by atoms with E-state index in [1.165, 1.54) is 37.2 Å². The third-order valence-electron chi connectivity index (χ3n) is 3.18. The van der Waals surface area contributed by atoms with Gasteiger partial charge in [-0.1, -0.05) is 11.6 Å². The molecule has 1 fully saturated rings. The van der Waals surface area contributed by atoms with Gasteiger partial charge in [0.1, 0.15) is 0 Å². The summed E-state index contributed by atoms with van der Waals surface area (Å²) in [5.74, 6) is 0.800. The van der Waals surface area contributed by atoms with Crippen LogP contribution in [0.1, 0.15) is 24.1 Å². The van der Waals surface area contributed by atoms with Crippen LogP contribution in [0.15, 0.2) is 11.4 Å². The highest BCUT2D eigenvalue weighted by Gasteiger charge is 2.19. The molecule has 1 atom stereocenters. The summed E-state index contributed by atoms with van der Waals surface area (Å²) in [6.07, 6.45) is 3.82. The molecule has 0 bridgehead atoms. The minimum absolute atomic E-state index is 0. The fourth-order valence-electron chi connectivity index (χ4n) is 2.42. The maximum atomic E-state index is 5.93. The first-order valence-electron chi connectivity index (χ1n) is 5.93. The Morgan fingerprint density at radius 1 is 1.53 bits per heavy atom. The molecule has 0 aromatic carbocycles. The van der Waals surface area contributed by atoms with Crippen LogP contribution in [0.3, 0.4) is 0 Å². The van der Waals surface area contributed by atoms with Crippen molar-refractivity contribution in [2.45, 2.75) is 25.8 Å². The smallest absolute Gasteiger partial charge is 0.0516 e. The van der Waals surface area contributed by atoms with Gasteiger partial charge in [0, 0.05) is 23.3 Å². The molecule has 17 heavy (non-hydrogen) atoms. The van der Waals surface area contributed by atoms with Gasteiger partial charge in [-0.05, 0) is 44.3 Å². The van der Waals surface area contributed by atoms with Gasteiger partial charge in [0.15, 0.2) is 0 Å². The molecule has 98 valence electrons. The second kappa shape index (κ2) is 7.59. The molecule has 1 aromatic rings. The molecule has 0 aliphatic carbocycles. The van der Waals surface area contributed by atoms with Gasteiger partial charge in [0.25, 0.3) is 0 Å². The van der Waals surface area contributed by atoms with Crippen molar-refractivity contribution in [3.05, 3.63) is 21.3 Å². The fourth-order valence-corrected chi connectivity index (χ4v) is 3.54. The number of nitrogens with two attached hydrogens (primary N) is 1. The molecule has 0 saturated carbocycles. The molecule has 1 unspecified atom stereocenters. The van der Waals surface area contributed by atoms with Gasteiger partial charge in [0.05, 0.1) is 5.02 Å². The van der Waals surface area contributed by atoms with Crippen molar-refractivity contribution in [2.24, 2.45) is 11.7 Å². The van der Waals surface area contributed by atoms with E-state index >= 15 is 0 Å². The van der Waals surface area contributed by atoms with Gasteiger partial charge in [0.2, 0.25) is 0 Å². The lowest BCUT2D eigenvalue weighted by Crippen LogP contribution is -2.35. The number of rotatable bonds is 4. The van der Waals surface area contributed by atoms with Crippen LogP contribution in [-0.2, 0) is 6.54 Å². The third kappa shape index (κ3) is 4.76. The number of halogens is 2. The summed E-state index contributed by atoms with van der Waals surface area (Å²) >= 11 is 7.69. The topological polar surface area (TPSA) is 29.3 Å². The Hall–Kier alpha value is 0.200. The predicted octanol–water partition coefficient (Wildman–Crippen LogP) is 3.38. The molecular weight excluding hydrogens is 275 g/mol. The Morgan fingerprint density at radius 3 is 3.00 bits per heavy atom. The quantitative estimate of drug-likeness (QED) is 0.922. The van der Waals surface area contributed by atoms with Gasteiger partial charge in [-0.25, -0.2) is 0 Å². The summed E-state index contributed by atoms with van der Waals surface area (Å²) < 4.78 is 0. The van der Waals surface area contributed by atoms with Gasteiger partial charge in [-0.3, -0.25) is 4.90 Å². The molecule has 1 aliphatic rings. The second-order valence-corrected chi connectivity index (χ2v) is 5.98. The van der Waals surface area contributed by atoms with E-state index in [0.29, 0.717) is 0 Å². The summed E-state index contributed by atoms with van der Waals surface area (Å²) in [4.78, 5) is 3.91. The summed E-state index contributed by atoms with van der Waals surface area (Å²) in [6.45, 7) is 4.30. The SMILES string of the molecule is Cl.NCCC1CCCN(Cc2cc(Cl)cs2)C1. The van der Waals surface area contributed by atoms with E-state index in [2.05, 4.69) is 11.0 Å². The van der Waals surface area contributed by atoms with E-state index < -0.39 is 0 Å². The zero-order valence-electron chi connectivity index (χ0n) is 9.90. The lowest BCUT2D eigenvalue weighted by Gasteiger charge is -2.32. The summed E-state index contributed by atoms with van der Waals surface area (Å²) in [5.41, 5.74) is 5.63. The minimum Gasteiger partial charge on any atom is -0.330 e. The normalized spacial score (nSPS) is 21.2. The van der Waals surface area contributed by atoms with Crippen molar-refractivity contribution in [1.29, 1.82) is 0 Å². The van der Waals surface area contributed by atoms with Crippen molar-refractivity contribution in [3.63, 3.8) is 0 Å². The van der Waals surface area contributed by atoms with Crippen molar-refractivity contribution >= 4 is 35.3 Å². The Kier molecular flexibility index (Phi) is 6.82. The standard InChI is InChI=1S/C12H19ClN2S.ClH/c13-11-6-12(16-9-11)8-15-5-1-2-10(7-15)3-4-14;/h6,9-10H,1-5,7-8,14H2;1H. The van der Waals surface area contributed by atoms with Crippen LogP contribution in [0.4, 0.5) is 0 Å².